The number of thioether (sulfide) groups is 1. The van der Waals surface area contributed by atoms with Crippen molar-refractivity contribution in [1.29, 1.82) is 0 Å². The molecular weight excluding hydrogens is 318 g/mol. The molecule has 1 unspecified atom stereocenters. The lowest BCUT2D eigenvalue weighted by Gasteiger charge is -2.13. The van der Waals surface area contributed by atoms with Crippen LogP contribution in [0, 0.1) is 0 Å². The third kappa shape index (κ3) is 4.09. The number of hydrogen-bond donors (Lipinski definition) is 1. The standard InChI is InChI=1S/C12H12ClN3O2S2/c1-7(18-9-5-3-8(13)4-6-9)10(17)14-11-15-16-12(19-2)20-11/h3-7H,1-2H3,(H,14,15,17). The molecule has 1 amide bonds. The molecule has 1 N–H and O–H groups in total. The van der Waals surface area contributed by atoms with Gasteiger partial charge in [0.15, 0.2) is 10.4 Å². The maximum Gasteiger partial charge on any atom is 0.266 e. The summed E-state index contributed by atoms with van der Waals surface area (Å²) in [6.07, 6.45) is 1.26. The van der Waals surface area contributed by atoms with Crippen LogP contribution in [0.25, 0.3) is 0 Å². The molecule has 1 heterocycles. The molecule has 1 atom stereocenters. The topological polar surface area (TPSA) is 64.1 Å². The zero-order valence-corrected chi connectivity index (χ0v) is 13.2. The zero-order valence-electron chi connectivity index (χ0n) is 10.8. The third-order valence-corrected chi connectivity index (χ3v) is 4.37. The molecular formula is C12H12ClN3O2S2. The number of aromatic nitrogens is 2. The normalized spacial score (nSPS) is 11.9. The number of carbonyl (C=O) groups excluding carboxylic acids is 1. The fourth-order valence-electron chi connectivity index (χ4n) is 1.32. The number of nitrogens with zero attached hydrogens (tertiary/aromatic N) is 2. The second-order valence-electron chi connectivity index (χ2n) is 3.78. The van der Waals surface area contributed by atoms with Gasteiger partial charge in [-0.3, -0.25) is 10.1 Å². The van der Waals surface area contributed by atoms with Crippen molar-refractivity contribution >= 4 is 45.7 Å². The summed E-state index contributed by atoms with van der Waals surface area (Å²) >= 11 is 8.59. The molecule has 0 fully saturated rings. The van der Waals surface area contributed by atoms with E-state index in [0.29, 0.717) is 15.9 Å². The maximum absolute atomic E-state index is 12.0. The van der Waals surface area contributed by atoms with Crippen molar-refractivity contribution < 1.29 is 9.53 Å². The van der Waals surface area contributed by atoms with Crippen molar-refractivity contribution in [3.05, 3.63) is 29.3 Å². The summed E-state index contributed by atoms with van der Waals surface area (Å²) in [5.41, 5.74) is 0. The van der Waals surface area contributed by atoms with Crippen molar-refractivity contribution in [2.75, 3.05) is 11.6 Å². The quantitative estimate of drug-likeness (QED) is 0.673. The minimum atomic E-state index is -0.641. The average molecular weight is 330 g/mol. The second-order valence-corrected chi connectivity index (χ2v) is 6.25. The molecule has 2 aromatic rings. The number of carbonyl (C=O) groups is 1. The van der Waals surface area contributed by atoms with Crippen LogP contribution in [-0.4, -0.2) is 28.5 Å². The van der Waals surface area contributed by atoms with Gasteiger partial charge in [0.25, 0.3) is 5.91 Å². The number of ether oxygens (including phenoxy) is 1. The van der Waals surface area contributed by atoms with Gasteiger partial charge in [-0.25, -0.2) is 0 Å². The summed E-state index contributed by atoms with van der Waals surface area (Å²) in [7, 11) is 0. The zero-order chi connectivity index (χ0) is 14.5. The van der Waals surface area contributed by atoms with Crippen LogP contribution < -0.4 is 10.1 Å². The summed E-state index contributed by atoms with van der Waals surface area (Å²) in [6, 6.07) is 6.83. The molecule has 0 aliphatic rings. The number of hydrogen-bond acceptors (Lipinski definition) is 6. The Morgan fingerprint density at radius 1 is 1.40 bits per heavy atom. The first-order valence-electron chi connectivity index (χ1n) is 5.69. The Bertz CT molecular complexity index is 589. The van der Waals surface area contributed by atoms with Gasteiger partial charge >= 0.3 is 0 Å². The highest BCUT2D eigenvalue weighted by Crippen LogP contribution is 2.23. The van der Waals surface area contributed by atoms with Crippen LogP contribution in [0.15, 0.2) is 28.6 Å². The molecule has 0 saturated heterocycles. The van der Waals surface area contributed by atoms with Crippen molar-refractivity contribution in [3.63, 3.8) is 0 Å². The fourth-order valence-corrected chi connectivity index (χ4v) is 2.62. The van der Waals surface area contributed by atoms with E-state index in [-0.39, 0.29) is 5.91 Å². The van der Waals surface area contributed by atoms with Gasteiger partial charge in [0, 0.05) is 5.02 Å². The Morgan fingerprint density at radius 3 is 2.70 bits per heavy atom. The highest BCUT2D eigenvalue weighted by atomic mass is 35.5. The molecule has 1 aromatic carbocycles. The second kappa shape index (κ2) is 6.92. The van der Waals surface area contributed by atoms with Crippen molar-refractivity contribution in [2.24, 2.45) is 0 Å². The molecule has 5 nitrogen and oxygen atoms in total. The summed E-state index contributed by atoms with van der Waals surface area (Å²) in [6.45, 7) is 1.67. The van der Waals surface area contributed by atoms with Crippen molar-refractivity contribution in [2.45, 2.75) is 17.4 Å². The average Bonchev–Trinajstić information content (AvgIpc) is 2.89. The van der Waals surface area contributed by atoms with Crippen molar-refractivity contribution in [1.82, 2.24) is 10.2 Å². The predicted molar refractivity (Wildman–Crippen MR) is 81.9 cm³/mol. The lowest BCUT2D eigenvalue weighted by Crippen LogP contribution is -2.30. The first kappa shape index (κ1) is 15.1. The molecule has 0 saturated carbocycles. The third-order valence-electron chi connectivity index (χ3n) is 2.31. The number of rotatable bonds is 5. The van der Waals surface area contributed by atoms with Crippen LogP contribution in [-0.2, 0) is 4.79 Å². The number of benzene rings is 1. The molecule has 0 aliphatic heterocycles. The highest BCUT2D eigenvalue weighted by Gasteiger charge is 2.16. The molecule has 8 heteroatoms. The molecule has 0 aliphatic carbocycles. The maximum atomic E-state index is 12.0. The van der Waals surface area contributed by atoms with E-state index in [9.17, 15) is 4.79 Å². The minimum Gasteiger partial charge on any atom is -0.481 e. The van der Waals surface area contributed by atoms with E-state index in [1.54, 1.807) is 31.2 Å². The smallest absolute Gasteiger partial charge is 0.266 e. The van der Waals surface area contributed by atoms with Crippen LogP contribution in [0.3, 0.4) is 0 Å². The van der Waals surface area contributed by atoms with Crippen LogP contribution in [0.4, 0.5) is 5.13 Å². The lowest BCUT2D eigenvalue weighted by molar-refractivity contribution is -0.122. The Kier molecular flexibility index (Phi) is 5.22. The fraction of sp³-hybridized carbons (Fsp3) is 0.250. The van der Waals surface area contributed by atoms with Gasteiger partial charge in [-0.05, 0) is 37.4 Å². The van der Waals surface area contributed by atoms with E-state index >= 15 is 0 Å². The number of halogens is 1. The number of amides is 1. The molecule has 20 heavy (non-hydrogen) atoms. The SMILES string of the molecule is CSc1nnc(NC(=O)C(C)Oc2ccc(Cl)cc2)s1. The van der Waals surface area contributed by atoms with E-state index < -0.39 is 6.10 Å². The monoisotopic (exact) mass is 329 g/mol. The van der Waals surface area contributed by atoms with Crippen LogP contribution >= 0.6 is 34.7 Å². The van der Waals surface area contributed by atoms with E-state index in [2.05, 4.69) is 15.5 Å². The molecule has 0 radical (unpaired) electrons. The Labute approximate surface area is 129 Å². The minimum absolute atomic E-state index is 0.274. The first-order chi connectivity index (χ1) is 9.58. The van der Waals surface area contributed by atoms with Crippen LogP contribution in [0.5, 0.6) is 5.75 Å². The van der Waals surface area contributed by atoms with Gasteiger partial charge in [-0.2, -0.15) is 0 Å². The molecule has 0 bridgehead atoms. The van der Waals surface area contributed by atoms with Gasteiger partial charge in [-0.1, -0.05) is 34.7 Å². The van der Waals surface area contributed by atoms with E-state index in [1.165, 1.54) is 23.1 Å². The molecule has 106 valence electrons. The largest absolute Gasteiger partial charge is 0.481 e. The Balaban J connectivity index is 1.93. The van der Waals surface area contributed by atoms with Crippen LogP contribution in [0.1, 0.15) is 6.92 Å². The van der Waals surface area contributed by atoms with Crippen LogP contribution in [0.2, 0.25) is 5.02 Å². The summed E-state index contributed by atoms with van der Waals surface area (Å²) < 4.78 is 6.31. The van der Waals surface area contributed by atoms with Gasteiger partial charge < -0.3 is 4.74 Å². The van der Waals surface area contributed by atoms with Gasteiger partial charge in [0.05, 0.1) is 0 Å². The molecule has 0 spiro atoms. The lowest BCUT2D eigenvalue weighted by atomic mass is 10.3. The summed E-state index contributed by atoms with van der Waals surface area (Å²) in [5.74, 6) is 0.308. The van der Waals surface area contributed by atoms with E-state index in [1.807, 2.05) is 6.26 Å². The van der Waals surface area contributed by atoms with Gasteiger partial charge in [0.1, 0.15) is 5.75 Å². The predicted octanol–water partition coefficient (Wildman–Crippen LogP) is 3.32. The van der Waals surface area contributed by atoms with Gasteiger partial charge in [-0.15, -0.1) is 10.2 Å². The highest BCUT2D eigenvalue weighted by molar-refractivity contribution is 8.00. The Morgan fingerprint density at radius 2 is 2.10 bits per heavy atom. The van der Waals surface area contributed by atoms with Crippen molar-refractivity contribution in [3.8, 4) is 5.75 Å². The van der Waals surface area contributed by atoms with E-state index in [0.717, 1.165) is 4.34 Å². The molecule has 1 aromatic heterocycles. The van der Waals surface area contributed by atoms with Gasteiger partial charge in [0.2, 0.25) is 5.13 Å². The number of anilines is 1. The number of nitrogens with one attached hydrogen (secondary N) is 1. The summed E-state index contributed by atoms with van der Waals surface area (Å²) in [4.78, 5) is 12.0. The van der Waals surface area contributed by atoms with E-state index in [4.69, 9.17) is 16.3 Å². The summed E-state index contributed by atoms with van der Waals surface area (Å²) in [5, 5.41) is 11.5. The Hall–Kier alpha value is -1.31. The first-order valence-corrected chi connectivity index (χ1v) is 8.11. The molecule has 2 rings (SSSR count).